The number of amides is 2. The number of ether oxygens (including phenoxy) is 2. The molecule has 0 saturated carbocycles. The van der Waals surface area contributed by atoms with Gasteiger partial charge in [-0.3, -0.25) is 4.98 Å². The fraction of sp³-hybridized carbons (Fsp3) is 0.519. The smallest absolute Gasteiger partial charge is 0.410 e. The van der Waals surface area contributed by atoms with E-state index >= 15 is 0 Å². The summed E-state index contributed by atoms with van der Waals surface area (Å²) in [5.41, 5.74) is 2.72. The van der Waals surface area contributed by atoms with E-state index in [1.165, 1.54) is 5.56 Å². The van der Waals surface area contributed by atoms with Crippen molar-refractivity contribution in [1.29, 1.82) is 0 Å². The summed E-state index contributed by atoms with van der Waals surface area (Å²) in [5, 5.41) is 3.62. The van der Waals surface area contributed by atoms with Crippen LogP contribution in [0.25, 0.3) is 0 Å². The van der Waals surface area contributed by atoms with Crippen molar-refractivity contribution in [1.82, 2.24) is 20.1 Å². The van der Waals surface area contributed by atoms with Crippen LogP contribution >= 0.6 is 0 Å². The molecule has 4 rings (SSSR count). The first kappa shape index (κ1) is 25.0. The van der Waals surface area contributed by atoms with Gasteiger partial charge in [-0.1, -0.05) is 36.4 Å². The van der Waals surface area contributed by atoms with E-state index in [0.29, 0.717) is 26.2 Å². The van der Waals surface area contributed by atoms with E-state index in [4.69, 9.17) is 9.47 Å². The number of hydrogen-bond donors (Lipinski definition) is 1. The van der Waals surface area contributed by atoms with Crippen LogP contribution in [0.3, 0.4) is 0 Å². The lowest BCUT2D eigenvalue weighted by molar-refractivity contribution is 0.000919. The second-order valence-electron chi connectivity index (χ2n) is 10.2. The van der Waals surface area contributed by atoms with Crippen LogP contribution < -0.4 is 5.32 Å². The summed E-state index contributed by atoms with van der Waals surface area (Å²) in [6, 6.07) is 13.6. The van der Waals surface area contributed by atoms with Crippen LogP contribution in [0.5, 0.6) is 0 Å². The Morgan fingerprint density at radius 1 is 1.09 bits per heavy atom. The first-order chi connectivity index (χ1) is 16.8. The molecular formula is C27H36N4O4. The number of nitrogens with zero attached hydrogens (tertiary/aromatic N) is 3. The fourth-order valence-corrected chi connectivity index (χ4v) is 4.65. The molecule has 8 nitrogen and oxygen atoms in total. The predicted molar refractivity (Wildman–Crippen MR) is 133 cm³/mol. The standard InChI is InChI=1S/C27H36N4O4/c1-27(2,3)35-25(32)30-15-16-31(26(33)34-19-20-9-5-4-6-10-20)22(18-30)17-29-23-13-7-11-21-12-8-14-28-24(21)23/h4-6,8-10,12,14,22-23,29H,7,11,13,15-19H2,1-3H3. The minimum Gasteiger partial charge on any atom is -0.445 e. The molecule has 1 fully saturated rings. The number of fused-ring (bicyclic) bond motifs is 1. The third-order valence-electron chi connectivity index (χ3n) is 6.37. The molecule has 0 bridgehead atoms. The third kappa shape index (κ3) is 6.72. The van der Waals surface area contributed by atoms with Gasteiger partial charge in [0, 0.05) is 38.4 Å². The molecular weight excluding hydrogens is 444 g/mol. The molecule has 2 aliphatic rings. The number of rotatable bonds is 5. The van der Waals surface area contributed by atoms with Crippen molar-refractivity contribution in [3.8, 4) is 0 Å². The van der Waals surface area contributed by atoms with Crippen LogP contribution in [0.2, 0.25) is 0 Å². The highest BCUT2D eigenvalue weighted by atomic mass is 16.6. The summed E-state index contributed by atoms with van der Waals surface area (Å²) in [5.74, 6) is 0. The molecule has 2 aromatic rings. The Labute approximate surface area is 207 Å². The molecule has 2 amide bonds. The normalized spacial score (nSPS) is 20.2. The Morgan fingerprint density at radius 2 is 1.89 bits per heavy atom. The quantitative estimate of drug-likeness (QED) is 0.687. The molecule has 1 N–H and O–H groups in total. The number of pyridine rings is 1. The summed E-state index contributed by atoms with van der Waals surface area (Å²) >= 11 is 0. The zero-order chi connectivity index (χ0) is 24.8. The molecule has 1 saturated heterocycles. The average Bonchev–Trinajstić information content (AvgIpc) is 2.85. The maximum Gasteiger partial charge on any atom is 0.410 e. The molecule has 35 heavy (non-hydrogen) atoms. The van der Waals surface area contributed by atoms with E-state index in [-0.39, 0.29) is 30.9 Å². The second-order valence-corrected chi connectivity index (χ2v) is 10.2. The van der Waals surface area contributed by atoms with Gasteiger partial charge in [0.2, 0.25) is 0 Å². The number of piperazine rings is 1. The van der Waals surface area contributed by atoms with Crippen molar-refractivity contribution in [2.24, 2.45) is 0 Å². The Morgan fingerprint density at radius 3 is 2.66 bits per heavy atom. The average molecular weight is 481 g/mol. The van der Waals surface area contributed by atoms with Crippen molar-refractivity contribution in [2.75, 3.05) is 26.2 Å². The van der Waals surface area contributed by atoms with E-state index in [1.807, 2.05) is 63.4 Å². The van der Waals surface area contributed by atoms with E-state index in [9.17, 15) is 9.59 Å². The number of carbonyl (C=O) groups is 2. The van der Waals surface area contributed by atoms with Gasteiger partial charge < -0.3 is 24.6 Å². The molecule has 0 radical (unpaired) electrons. The Bertz CT molecular complexity index is 1010. The number of hydrogen-bond acceptors (Lipinski definition) is 6. The molecule has 0 spiro atoms. The molecule has 1 aromatic carbocycles. The van der Waals surface area contributed by atoms with Gasteiger partial charge in [0.05, 0.1) is 11.7 Å². The highest BCUT2D eigenvalue weighted by molar-refractivity contribution is 5.71. The molecule has 2 heterocycles. The summed E-state index contributed by atoms with van der Waals surface area (Å²) in [6.07, 6.45) is 4.22. The molecule has 8 heteroatoms. The van der Waals surface area contributed by atoms with Crippen molar-refractivity contribution in [2.45, 2.75) is 64.3 Å². The number of aromatic nitrogens is 1. The SMILES string of the molecule is CC(C)(C)OC(=O)N1CCN(C(=O)OCc2ccccc2)C(CNC2CCCc3cccnc32)C1. The van der Waals surface area contributed by atoms with Gasteiger partial charge in [-0.15, -0.1) is 0 Å². The lowest BCUT2D eigenvalue weighted by Gasteiger charge is -2.41. The van der Waals surface area contributed by atoms with E-state index in [0.717, 1.165) is 30.5 Å². The maximum atomic E-state index is 13.1. The summed E-state index contributed by atoms with van der Waals surface area (Å²) in [6.45, 7) is 7.48. The largest absolute Gasteiger partial charge is 0.445 e. The van der Waals surface area contributed by atoms with Crippen LogP contribution in [0.4, 0.5) is 9.59 Å². The van der Waals surface area contributed by atoms with Gasteiger partial charge in [-0.25, -0.2) is 9.59 Å². The van der Waals surface area contributed by atoms with Gasteiger partial charge in [-0.05, 0) is 57.2 Å². The Kier molecular flexibility index (Phi) is 7.90. The van der Waals surface area contributed by atoms with E-state index in [1.54, 1.807) is 9.80 Å². The zero-order valence-corrected chi connectivity index (χ0v) is 20.9. The van der Waals surface area contributed by atoms with Crippen LogP contribution in [-0.2, 0) is 22.5 Å². The lowest BCUT2D eigenvalue weighted by Crippen LogP contribution is -2.60. The third-order valence-corrected chi connectivity index (χ3v) is 6.37. The van der Waals surface area contributed by atoms with E-state index < -0.39 is 5.60 Å². The fourth-order valence-electron chi connectivity index (χ4n) is 4.65. The van der Waals surface area contributed by atoms with Crippen LogP contribution in [0, 0.1) is 0 Å². The van der Waals surface area contributed by atoms with Gasteiger partial charge >= 0.3 is 12.2 Å². The number of aryl methyl sites for hydroxylation is 1. The molecule has 2 atom stereocenters. The predicted octanol–water partition coefficient (Wildman–Crippen LogP) is 4.31. The van der Waals surface area contributed by atoms with Crippen molar-refractivity contribution in [3.05, 3.63) is 65.5 Å². The van der Waals surface area contributed by atoms with Crippen molar-refractivity contribution in [3.63, 3.8) is 0 Å². The lowest BCUT2D eigenvalue weighted by atomic mass is 9.91. The van der Waals surface area contributed by atoms with E-state index in [2.05, 4.69) is 16.4 Å². The minimum atomic E-state index is -0.575. The number of carbonyl (C=O) groups excluding carboxylic acids is 2. The van der Waals surface area contributed by atoms with Gasteiger partial charge in [0.1, 0.15) is 12.2 Å². The van der Waals surface area contributed by atoms with Crippen LogP contribution in [0.15, 0.2) is 48.7 Å². The van der Waals surface area contributed by atoms with Crippen molar-refractivity contribution < 1.29 is 19.1 Å². The van der Waals surface area contributed by atoms with Gasteiger partial charge in [0.15, 0.2) is 0 Å². The minimum absolute atomic E-state index is 0.124. The number of nitrogens with one attached hydrogen (secondary N) is 1. The topological polar surface area (TPSA) is 84.0 Å². The molecule has 1 aliphatic heterocycles. The molecule has 1 aliphatic carbocycles. The molecule has 2 unspecified atom stereocenters. The Hall–Kier alpha value is -3.13. The summed E-state index contributed by atoms with van der Waals surface area (Å²) in [4.78, 5) is 33.9. The first-order valence-corrected chi connectivity index (χ1v) is 12.4. The van der Waals surface area contributed by atoms with Gasteiger partial charge in [0.25, 0.3) is 0 Å². The highest BCUT2D eigenvalue weighted by Gasteiger charge is 2.36. The highest BCUT2D eigenvalue weighted by Crippen LogP contribution is 2.28. The zero-order valence-electron chi connectivity index (χ0n) is 20.9. The van der Waals surface area contributed by atoms with Gasteiger partial charge in [-0.2, -0.15) is 0 Å². The number of benzene rings is 1. The van der Waals surface area contributed by atoms with Crippen molar-refractivity contribution >= 4 is 12.2 Å². The second kappa shape index (κ2) is 11.1. The van der Waals surface area contributed by atoms with Crippen LogP contribution in [-0.4, -0.2) is 64.8 Å². The first-order valence-electron chi connectivity index (χ1n) is 12.4. The monoisotopic (exact) mass is 480 g/mol. The maximum absolute atomic E-state index is 13.1. The summed E-state index contributed by atoms with van der Waals surface area (Å²) in [7, 11) is 0. The van der Waals surface area contributed by atoms with Crippen LogP contribution in [0.1, 0.15) is 56.5 Å². The molecule has 1 aromatic heterocycles. The Balaban J connectivity index is 1.44. The molecule has 188 valence electrons. The summed E-state index contributed by atoms with van der Waals surface area (Å²) < 4.78 is 11.2.